The molecule has 1 rings (SSSR count). The van der Waals surface area contributed by atoms with Gasteiger partial charge in [-0.15, -0.1) is 3.94 Å². The number of halogens is 3. The third kappa shape index (κ3) is 3.72. The van der Waals surface area contributed by atoms with Crippen LogP contribution in [0, 0.1) is 0 Å². The smallest absolute Gasteiger partial charge is 0.0625 e. The van der Waals surface area contributed by atoms with Crippen molar-refractivity contribution in [3.63, 3.8) is 0 Å². The predicted octanol–water partition coefficient (Wildman–Crippen LogP) is 4.18. The van der Waals surface area contributed by atoms with E-state index in [2.05, 4.69) is 12.6 Å². The summed E-state index contributed by atoms with van der Waals surface area (Å²) in [6.07, 6.45) is 0.723. The quantitative estimate of drug-likeness (QED) is 0.641. The molecule has 0 aliphatic carbocycles. The molecule has 0 spiro atoms. The standard InChI is InChI=1S/C10H12Cl3NS/c1-10(7-15,14(12)13)6-8-2-4-9(11)5-3-8/h2-5,15H,6-7H2,1H3. The fraction of sp³-hybridized carbons (Fsp3) is 0.400. The molecule has 0 radical (unpaired) electrons. The van der Waals surface area contributed by atoms with Crippen LogP contribution in [0.15, 0.2) is 24.3 Å². The van der Waals surface area contributed by atoms with Gasteiger partial charge in [0.1, 0.15) is 0 Å². The zero-order valence-corrected chi connectivity index (χ0v) is 11.4. The zero-order valence-electron chi connectivity index (χ0n) is 8.25. The Morgan fingerprint density at radius 3 is 2.20 bits per heavy atom. The second-order valence-corrected chi connectivity index (χ2v) is 5.29. The maximum atomic E-state index is 5.80. The molecular weight excluding hydrogens is 273 g/mol. The van der Waals surface area contributed by atoms with E-state index in [1.54, 1.807) is 0 Å². The average Bonchev–Trinajstić information content (AvgIpc) is 2.21. The molecule has 84 valence electrons. The SMILES string of the molecule is CC(CS)(Cc1ccc(Cl)cc1)N(Cl)Cl. The van der Waals surface area contributed by atoms with Gasteiger partial charge in [0.05, 0.1) is 5.54 Å². The van der Waals surface area contributed by atoms with Crippen molar-refractivity contribution in [1.82, 2.24) is 3.94 Å². The summed E-state index contributed by atoms with van der Waals surface area (Å²) in [6.45, 7) is 1.95. The van der Waals surface area contributed by atoms with Gasteiger partial charge in [0.25, 0.3) is 0 Å². The molecule has 0 heterocycles. The summed E-state index contributed by atoms with van der Waals surface area (Å²) in [7, 11) is 0. The first-order valence-corrected chi connectivity index (χ1v) is 6.14. The van der Waals surface area contributed by atoms with Crippen molar-refractivity contribution in [3.05, 3.63) is 34.9 Å². The van der Waals surface area contributed by atoms with E-state index < -0.39 is 0 Å². The Morgan fingerprint density at radius 1 is 1.27 bits per heavy atom. The first-order valence-electron chi connectivity index (χ1n) is 4.45. The van der Waals surface area contributed by atoms with E-state index in [0.717, 1.165) is 20.9 Å². The Bertz CT molecular complexity index is 315. The molecule has 0 saturated carbocycles. The van der Waals surface area contributed by atoms with Gasteiger partial charge >= 0.3 is 0 Å². The number of rotatable bonds is 4. The Kier molecular flexibility index (Phi) is 5.07. The molecular formula is C10H12Cl3NS. The minimum absolute atomic E-state index is 0.375. The molecule has 0 amide bonds. The van der Waals surface area contributed by atoms with Gasteiger partial charge in [-0.2, -0.15) is 12.6 Å². The van der Waals surface area contributed by atoms with E-state index in [4.69, 9.17) is 35.2 Å². The fourth-order valence-electron chi connectivity index (χ4n) is 1.21. The van der Waals surface area contributed by atoms with Crippen molar-refractivity contribution >= 4 is 47.8 Å². The molecule has 0 aliphatic heterocycles. The zero-order chi connectivity index (χ0) is 11.5. The van der Waals surface area contributed by atoms with E-state index in [0.29, 0.717) is 5.75 Å². The van der Waals surface area contributed by atoms with Crippen molar-refractivity contribution in [3.8, 4) is 0 Å². The molecule has 5 heteroatoms. The lowest BCUT2D eigenvalue weighted by Gasteiger charge is -2.30. The second-order valence-electron chi connectivity index (χ2n) is 3.69. The summed E-state index contributed by atoms with van der Waals surface area (Å²) >= 11 is 21.6. The lowest BCUT2D eigenvalue weighted by Crippen LogP contribution is -2.39. The van der Waals surface area contributed by atoms with Gasteiger partial charge in [0, 0.05) is 10.8 Å². The number of hydrogen-bond acceptors (Lipinski definition) is 2. The Morgan fingerprint density at radius 2 is 1.80 bits per heavy atom. The van der Waals surface area contributed by atoms with Crippen LogP contribution >= 0.6 is 47.8 Å². The van der Waals surface area contributed by atoms with E-state index in [-0.39, 0.29) is 5.54 Å². The van der Waals surface area contributed by atoms with Gasteiger partial charge in [-0.25, -0.2) is 0 Å². The normalized spacial score (nSPS) is 15.3. The molecule has 0 aliphatic rings. The molecule has 1 aromatic carbocycles. The van der Waals surface area contributed by atoms with Crippen LogP contribution in [0.3, 0.4) is 0 Å². The summed E-state index contributed by atoms with van der Waals surface area (Å²) in [5, 5.41) is 0.722. The Balaban J connectivity index is 2.79. The van der Waals surface area contributed by atoms with Crippen LogP contribution in [-0.2, 0) is 6.42 Å². The summed E-state index contributed by atoms with van der Waals surface area (Å²) < 4.78 is 1.16. The predicted molar refractivity (Wildman–Crippen MR) is 71.0 cm³/mol. The molecule has 1 nitrogen and oxygen atoms in total. The molecule has 0 saturated heterocycles. The van der Waals surface area contributed by atoms with Crippen LogP contribution in [0.1, 0.15) is 12.5 Å². The molecule has 0 aromatic heterocycles. The summed E-state index contributed by atoms with van der Waals surface area (Å²) in [4.78, 5) is 0. The van der Waals surface area contributed by atoms with Gasteiger partial charge in [-0.05, 0) is 54.6 Å². The highest BCUT2D eigenvalue weighted by Gasteiger charge is 2.29. The molecule has 1 atom stereocenters. The van der Waals surface area contributed by atoms with Crippen molar-refractivity contribution in [1.29, 1.82) is 0 Å². The lowest BCUT2D eigenvalue weighted by molar-refractivity contribution is 0.359. The monoisotopic (exact) mass is 283 g/mol. The highest BCUT2D eigenvalue weighted by molar-refractivity contribution is 7.80. The number of nitrogens with zero attached hydrogens (tertiary/aromatic N) is 1. The number of hydrogen-bond donors (Lipinski definition) is 1. The van der Waals surface area contributed by atoms with Crippen LogP contribution in [0.5, 0.6) is 0 Å². The van der Waals surface area contributed by atoms with Crippen molar-refractivity contribution < 1.29 is 0 Å². The third-order valence-electron chi connectivity index (χ3n) is 2.25. The Hall–Kier alpha value is 0.400. The topological polar surface area (TPSA) is 3.24 Å². The van der Waals surface area contributed by atoms with Gasteiger partial charge in [-0.1, -0.05) is 23.7 Å². The van der Waals surface area contributed by atoms with Crippen LogP contribution in [0.25, 0.3) is 0 Å². The Labute approximate surface area is 111 Å². The summed E-state index contributed by atoms with van der Waals surface area (Å²) in [6, 6.07) is 7.62. The number of thiol groups is 1. The third-order valence-corrected chi connectivity index (χ3v) is 4.00. The lowest BCUT2D eigenvalue weighted by atomic mass is 9.96. The van der Waals surface area contributed by atoms with Gasteiger partial charge in [0.15, 0.2) is 0 Å². The van der Waals surface area contributed by atoms with Crippen LogP contribution in [0.4, 0.5) is 0 Å². The molecule has 1 unspecified atom stereocenters. The van der Waals surface area contributed by atoms with Crippen molar-refractivity contribution in [2.24, 2.45) is 0 Å². The van der Waals surface area contributed by atoms with Crippen LogP contribution in [-0.4, -0.2) is 15.2 Å². The maximum Gasteiger partial charge on any atom is 0.0625 e. The van der Waals surface area contributed by atoms with Gasteiger partial charge in [-0.3, -0.25) is 0 Å². The fourth-order valence-corrected chi connectivity index (χ4v) is 2.00. The van der Waals surface area contributed by atoms with E-state index in [9.17, 15) is 0 Å². The van der Waals surface area contributed by atoms with Gasteiger partial charge in [0.2, 0.25) is 0 Å². The average molecular weight is 285 g/mol. The maximum absolute atomic E-state index is 5.80. The summed E-state index contributed by atoms with van der Waals surface area (Å²) in [5.74, 6) is 0.572. The molecule has 0 fully saturated rings. The second kappa shape index (κ2) is 5.65. The van der Waals surface area contributed by atoms with Crippen LogP contribution < -0.4 is 0 Å². The first-order chi connectivity index (χ1) is 6.98. The highest BCUT2D eigenvalue weighted by atomic mass is 35.5. The van der Waals surface area contributed by atoms with Gasteiger partial charge < -0.3 is 0 Å². The van der Waals surface area contributed by atoms with Crippen molar-refractivity contribution in [2.75, 3.05) is 5.75 Å². The van der Waals surface area contributed by atoms with E-state index in [1.165, 1.54) is 0 Å². The summed E-state index contributed by atoms with van der Waals surface area (Å²) in [5.41, 5.74) is 0.752. The molecule has 0 bridgehead atoms. The van der Waals surface area contributed by atoms with Crippen molar-refractivity contribution in [2.45, 2.75) is 18.9 Å². The van der Waals surface area contributed by atoms with Crippen LogP contribution in [0.2, 0.25) is 5.02 Å². The van der Waals surface area contributed by atoms with E-state index >= 15 is 0 Å². The molecule has 15 heavy (non-hydrogen) atoms. The highest BCUT2D eigenvalue weighted by Crippen LogP contribution is 2.26. The number of benzene rings is 1. The molecule has 1 aromatic rings. The minimum atomic E-state index is -0.375. The molecule has 0 N–H and O–H groups in total. The minimum Gasteiger partial charge on any atom is -0.177 e. The largest absolute Gasteiger partial charge is 0.177 e. The van der Waals surface area contributed by atoms with E-state index in [1.807, 2.05) is 31.2 Å². The first kappa shape index (κ1) is 13.5.